The Morgan fingerprint density at radius 1 is 1.07 bits per heavy atom. The van der Waals surface area contributed by atoms with Crippen molar-refractivity contribution < 1.29 is 4.39 Å². The molecule has 2 aromatic carbocycles. The van der Waals surface area contributed by atoms with Gasteiger partial charge in [-0.1, -0.05) is 30.3 Å². The van der Waals surface area contributed by atoms with E-state index in [0.29, 0.717) is 6.54 Å². The first-order valence-corrected chi connectivity index (χ1v) is 8.82. The van der Waals surface area contributed by atoms with E-state index in [0.717, 1.165) is 23.4 Å². The smallest absolute Gasteiger partial charge is 0.123 e. The minimum atomic E-state index is -0.248. The van der Waals surface area contributed by atoms with Gasteiger partial charge in [0.05, 0.1) is 24.3 Å². The summed E-state index contributed by atoms with van der Waals surface area (Å²) in [5.74, 6) is -0.248. The molecular weight excluding hydrogens is 341 g/mol. The maximum absolute atomic E-state index is 13.2. The largest absolute Gasteiger partial charge is 0.336 e. The summed E-state index contributed by atoms with van der Waals surface area (Å²) in [6, 6.07) is 16.9. The molecule has 0 amide bonds. The van der Waals surface area contributed by atoms with Crippen LogP contribution in [0.2, 0.25) is 0 Å². The van der Waals surface area contributed by atoms with Crippen LogP contribution >= 0.6 is 0 Å². The minimum Gasteiger partial charge on any atom is -0.336 e. The lowest BCUT2D eigenvalue weighted by Gasteiger charge is -2.20. The maximum atomic E-state index is 13.2. The van der Waals surface area contributed by atoms with Crippen LogP contribution in [0.15, 0.2) is 79.5 Å². The fraction of sp³-hybridized carbons (Fsp3) is 0.143. The summed E-state index contributed by atoms with van der Waals surface area (Å²) in [7, 11) is 0. The fourth-order valence-corrected chi connectivity index (χ4v) is 3.12. The molecular formula is C21H20FN5. The number of hydrogen-bond acceptors (Lipinski definition) is 3. The number of nitrogens with zero attached hydrogens (tertiary/aromatic N) is 3. The summed E-state index contributed by atoms with van der Waals surface area (Å²) in [4.78, 5) is 4.13. The van der Waals surface area contributed by atoms with Crippen molar-refractivity contribution in [2.24, 2.45) is 0 Å². The van der Waals surface area contributed by atoms with E-state index in [9.17, 15) is 4.39 Å². The highest BCUT2D eigenvalue weighted by Crippen LogP contribution is 2.23. The number of halogens is 1. The van der Waals surface area contributed by atoms with Crippen LogP contribution in [0.25, 0.3) is 11.3 Å². The first-order chi connectivity index (χ1) is 13.3. The highest BCUT2D eigenvalue weighted by molar-refractivity contribution is 5.62. The molecule has 1 atom stereocenters. The van der Waals surface area contributed by atoms with Crippen LogP contribution in [0, 0.1) is 5.82 Å². The first-order valence-electron chi connectivity index (χ1n) is 8.82. The Hall–Kier alpha value is -3.25. The third kappa shape index (κ3) is 4.12. The average Bonchev–Trinajstić information content (AvgIpc) is 3.38. The van der Waals surface area contributed by atoms with Crippen molar-refractivity contribution in [1.82, 2.24) is 25.1 Å². The van der Waals surface area contributed by atoms with Gasteiger partial charge in [0.1, 0.15) is 5.82 Å². The standard InChI is InChI=1S/C21H20FN5/c22-19-8-6-17(7-9-19)21-18(13-25-26-21)12-24-20(14-27-11-10-23-15-27)16-4-2-1-3-5-16/h1-11,13,15,20,24H,12,14H2,(H,25,26). The Balaban J connectivity index is 1.53. The lowest BCUT2D eigenvalue weighted by molar-refractivity contribution is 0.462. The van der Waals surface area contributed by atoms with E-state index in [1.54, 1.807) is 18.3 Å². The van der Waals surface area contributed by atoms with Crippen molar-refractivity contribution in [2.45, 2.75) is 19.1 Å². The van der Waals surface area contributed by atoms with Crippen LogP contribution < -0.4 is 5.32 Å². The Labute approximate surface area is 156 Å². The summed E-state index contributed by atoms with van der Waals surface area (Å²) in [5.41, 5.74) is 4.06. The topological polar surface area (TPSA) is 58.5 Å². The monoisotopic (exact) mass is 361 g/mol. The molecule has 2 heterocycles. The third-order valence-electron chi connectivity index (χ3n) is 4.54. The van der Waals surface area contributed by atoms with E-state index in [1.807, 2.05) is 36.9 Å². The van der Waals surface area contributed by atoms with E-state index in [-0.39, 0.29) is 11.9 Å². The summed E-state index contributed by atoms with van der Waals surface area (Å²) >= 11 is 0. The van der Waals surface area contributed by atoms with E-state index in [4.69, 9.17) is 0 Å². The number of nitrogens with one attached hydrogen (secondary N) is 2. The zero-order valence-electron chi connectivity index (χ0n) is 14.7. The van der Waals surface area contributed by atoms with Gasteiger partial charge >= 0.3 is 0 Å². The van der Waals surface area contributed by atoms with Crippen molar-refractivity contribution in [3.63, 3.8) is 0 Å². The van der Waals surface area contributed by atoms with E-state index in [2.05, 4.69) is 37.2 Å². The van der Waals surface area contributed by atoms with Gasteiger partial charge in [0.15, 0.2) is 0 Å². The molecule has 0 bridgehead atoms. The van der Waals surface area contributed by atoms with Crippen molar-refractivity contribution in [2.75, 3.05) is 0 Å². The molecule has 0 fully saturated rings. The second-order valence-corrected chi connectivity index (χ2v) is 6.38. The maximum Gasteiger partial charge on any atom is 0.123 e. The predicted octanol–water partition coefficient (Wildman–Crippen LogP) is 3.94. The molecule has 6 heteroatoms. The number of aromatic nitrogens is 4. The van der Waals surface area contributed by atoms with E-state index < -0.39 is 0 Å². The molecule has 2 N–H and O–H groups in total. The minimum absolute atomic E-state index is 0.122. The molecule has 4 rings (SSSR count). The molecule has 1 unspecified atom stereocenters. The van der Waals surface area contributed by atoms with Crippen molar-refractivity contribution >= 4 is 0 Å². The normalized spacial score (nSPS) is 12.2. The molecule has 5 nitrogen and oxygen atoms in total. The van der Waals surface area contributed by atoms with Crippen LogP contribution in [-0.2, 0) is 13.1 Å². The quantitative estimate of drug-likeness (QED) is 0.524. The zero-order chi connectivity index (χ0) is 18.5. The van der Waals surface area contributed by atoms with Gasteiger partial charge in [0.2, 0.25) is 0 Å². The number of hydrogen-bond donors (Lipinski definition) is 2. The fourth-order valence-electron chi connectivity index (χ4n) is 3.12. The van der Waals surface area contributed by atoms with E-state index >= 15 is 0 Å². The SMILES string of the molecule is Fc1ccc(-c2[nH]ncc2CNC(Cn2ccnc2)c2ccccc2)cc1. The van der Waals surface area contributed by atoms with Gasteiger partial charge in [-0.15, -0.1) is 0 Å². The molecule has 0 saturated heterocycles. The molecule has 4 aromatic rings. The van der Waals surface area contributed by atoms with Gasteiger partial charge in [-0.2, -0.15) is 5.10 Å². The summed E-state index contributed by atoms with van der Waals surface area (Å²) < 4.78 is 15.3. The van der Waals surface area contributed by atoms with Crippen molar-refractivity contribution in [1.29, 1.82) is 0 Å². The molecule has 0 spiro atoms. The number of rotatable bonds is 7. The number of aromatic amines is 1. The van der Waals surface area contributed by atoms with Crippen LogP contribution in [0.3, 0.4) is 0 Å². The molecule has 0 aliphatic heterocycles. The van der Waals surface area contributed by atoms with Gasteiger partial charge < -0.3 is 9.88 Å². The Kier molecular flexibility index (Phi) is 5.07. The predicted molar refractivity (Wildman–Crippen MR) is 102 cm³/mol. The lowest BCUT2D eigenvalue weighted by atomic mass is 10.1. The van der Waals surface area contributed by atoms with Gasteiger partial charge in [-0.25, -0.2) is 9.37 Å². The van der Waals surface area contributed by atoms with Crippen molar-refractivity contribution in [3.05, 3.63) is 96.5 Å². The zero-order valence-corrected chi connectivity index (χ0v) is 14.7. The summed E-state index contributed by atoms with van der Waals surface area (Å²) in [5, 5.41) is 10.8. The molecule has 0 radical (unpaired) electrons. The second kappa shape index (κ2) is 7.97. The van der Waals surface area contributed by atoms with Gasteiger partial charge in [-0.05, 0) is 29.8 Å². The summed E-state index contributed by atoms with van der Waals surface area (Å²) in [6.45, 7) is 1.41. The molecule has 0 aliphatic rings. The van der Waals surface area contributed by atoms with E-state index in [1.165, 1.54) is 17.7 Å². The Morgan fingerprint density at radius 3 is 2.63 bits per heavy atom. The molecule has 27 heavy (non-hydrogen) atoms. The van der Waals surface area contributed by atoms with Crippen LogP contribution in [0.5, 0.6) is 0 Å². The Morgan fingerprint density at radius 2 is 1.89 bits per heavy atom. The number of benzene rings is 2. The molecule has 136 valence electrons. The van der Waals surface area contributed by atoms with Crippen LogP contribution in [0.4, 0.5) is 4.39 Å². The number of imidazole rings is 1. The highest BCUT2D eigenvalue weighted by atomic mass is 19.1. The van der Waals surface area contributed by atoms with Gasteiger partial charge in [-0.3, -0.25) is 5.10 Å². The third-order valence-corrected chi connectivity index (χ3v) is 4.54. The Bertz CT molecular complexity index is 962. The van der Waals surface area contributed by atoms with Gasteiger partial charge in [0, 0.05) is 36.6 Å². The second-order valence-electron chi connectivity index (χ2n) is 6.38. The van der Waals surface area contributed by atoms with Crippen LogP contribution in [0.1, 0.15) is 17.2 Å². The lowest BCUT2D eigenvalue weighted by Crippen LogP contribution is -2.25. The molecule has 2 aromatic heterocycles. The summed E-state index contributed by atoms with van der Waals surface area (Å²) in [6.07, 6.45) is 7.37. The van der Waals surface area contributed by atoms with Crippen molar-refractivity contribution in [3.8, 4) is 11.3 Å². The van der Waals surface area contributed by atoms with Gasteiger partial charge in [0.25, 0.3) is 0 Å². The highest BCUT2D eigenvalue weighted by Gasteiger charge is 2.14. The first kappa shape index (κ1) is 17.2. The molecule has 0 saturated carbocycles. The molecule has 0 aliphatic carbocycles. The number of H-pyrrole nitrogens is 1. The van der Waals surface area contributed by atoms with Crippen LogP contribution in [-0.4, -0.2) is 19.7 Å². The average molecular weight is 361 g/mol.